The fraction of sp³-hybridized carbons (Fsp3) is 0.667. The van der Waals surface area contributed by atoms with Crippen molar-refractivity contribution in [2.45, 2.75) is 39.2 Å². The molecule has 0 spiro atoms. The Balaban J connectivity index is 2.20. The molecule has 0 bridgehead atoms. The number of fused-ring (bicyclic) bond motifs is 1. The number of rotatable bonds is 4. The lowest BCUT2D eigenvalue weighted by Gasteiger charge is -2.00. The van der Waals surface area contributed by atoms with Crippen molar-refractivity contribution in [2.24, 2.45) is 5.73 Å². The van der Waals surface area contributed by atoms with Gasteiger partial charge in [-0.15, -0.1) is 10.2 Å². The van der Waals surface area contributed by atoms with Gasteiger partial charge in [0.1, 0.15) is 5.01 Å². The molecule has 0 radical (unpaired) electrons. The number of nitrogens with two attached hydrogens (primary N) is 1. The largest absolute Gasteiger partial charge is 0.328 e. The lowest BCUT2D eigenvalue weighted by molar-refractivity contribution is 0.656. The summed E-state index contributed by atoms with van der Waals surface area (Å²) >= 11 is 1.60. The molecule has 0 aliphatic rings. The molecule has 2 N–H and O–H groups in total. The first-order chi connectivity index (χ1) is 7.20. The summed E-state index contributed by atoms with van der Waals surface area (Å²) in [4.78, 5) is 0.881. The molecule has 1 atom stereocenters. The zero-order valence-electron chi connectivity index (χ0n) is 8.97. The zero-order valence-corrected chi connectivity index (χ0v) is 9.79. The van der Waals surface area contributed by atoms with Crippen molar-refractivity contribution in [3.8, 4) is 0 Å². The number of hydrogen-bond donors (Lipinski definition) is 1. The van der Waals surface area contributed by atoms with E-state index in [0.29, 0.717) is 0 Å². The second-order valence-electron chi connectivity index (χ2n) is 3.68. The summed E-state index contributed by atoms with van der Waals surface area (Å²) in [5, 5.41) is 13.7. The molecule has 0 amide bonds. The second kappa shape index (κ2) is 4.24. The van der Waals surface area contributed by atoms with Crippen molar-refractivity contribution in [1.29, 1.82) is 0 Å². The molecule has 2 aromatic rings. The van der Waals surface area contributed by atoms with Crippen LogP contribution in [0.2, 0.25) is 0 Å². The summed E-state index contributed by atoms with van der Waals surface area (Å²) in [6.45, 7) is 4.06. The van der Waals surface area contributed by atoms with E-state index in [2.05, 4.69) is 22.2 Å². The highest BCUT2D eigenvalue weighted by atomic mass is 32.1. The average Bonchev–Trinajstić information content (AvgIpc) is 2.72. The van der Waals surface area contributed by atoms with Crippen molar-refractivity contribution in [2.75, 3.05) is 0 Å². The maximum atomic E-state index is 5.71. The van der Waals surface area contributed by atoms with Gasteiger partial charge in [0, 0.05) is 18.9 Å². The minimum atomic E-state index is 0.227. The van der Waals surface area contributed by atoms with Crippen molar-refractivity contribution < 1.29 is 0 Å². The Bertz CT molecular complexity index is 444. The van der Waals surface area contributed by atoms with Gasteiger partial charge in [-0.3, -0.25) is 0 Å². The van der Waals surface area contributed by atoms with Gasteiger partial charge >= 0.3 is 0 Å². The van der Waals surface area contributed by atoms with Crippen LogP contribution in [0, 0.1) is 0 Å². The standard InChI is InChI=1S/C9H15N5S/c1-3-7-11-12-9-14(7)13-8(15-9)5-4-6(2)10/h6H,3-5,10H2,1-2H3. The summed E-state index contributed by atoms with van der Waals surface area (Å²) in [6.07, 6.45) is 2.75. The molecule has 0 aliphatic carbocycles. The molecule has 6 heteroatoms. The van der Waals surface area contributed by atoms with Crippen LogP contribution >= 0.6 is 11.3 Å². The van der Waals surface area contributed by atoms with Crippen LogP contribution in [-0.4, -0.2) is 25.9 Å². The highest BCUT2D eigenvalue weighted by Gasteiger charge is 2.10. The van der Waals surface area contributed by atoms with Crippen LogP contribution in [0.4, 0.5) is 0 Å². The molecule has 0 saturated carbocycles. The first kappa shape index (κ1) is 10.5. The third-order valence-corrected chi connectivity index (χ3v) is 3.19. The summed E-state index contributed by atoms with van der Waals surface area (Å²) in [5.74, 6) is 0.924. The molecule has 0 saturated heterocycles. The first-order valence-electron chi connectivity index (χ1n) is 5.16. The van der Waals surface area contributed by atoms with Gasteiger partial charge in [-0.1, -0.05) is 18.3 Å². The highest BCUT2D eigenvalue weighted by molar-refractivity contribution is 7.16. The molecule has 2 aromatic heterocycles. The normalized spacial score (nSPS) is 13.5. The van der Waals surface area contributed by atoms with Gasteiger partial charge in [0.05, 0.1) is 0 Å². The Hall–Kier alpha value is -1.01. The highest BCUT2D eigenvalue weighted by Crippen LogP contribution is 2.15. The van der Waals surface area contributed by atoms with E-state index >= 15 is 0 Å². The van der Waals surface area contributed by atoms with Gasteiger partial charge in [-0.05, 0) is 13.3 Å². The van der Waals surface area contributed by atoms with Crippen molar-refractivity contribution in [3.05, 3.63) is 10.8 Å². The molecule has 0 aromatic carbocycles. The molecule has 82 valence electrons. The maximum Gasteiger partial charge on any atom is 0.234 e. The summed E-state index contributed by atoms with van der Waals surface area (Å²) in [5.41, 5.74) is 5.71. The quantitative estimate of drug-likeness (QED) is 0.843. The topological polar surface area (TPSA) is 69.1 Å². The van der Waals surface area contributed by atoms with Gasteiger partial charge in [0.15, 0.2) is 5.82 Å². The van der Waals surface area contributed by atoms with Crippen LogP contribution in [-0.2, 0) is 12.8 Å². The molecule has 2 rings (SSSR count). The van der Waals surface area contributed by atoms with Crippen molar-refractivity contribution in [3.63, 3.8) is 0 Å². The number of nitrogens with zero attached hydrogens (tertiary/aromatic N) is 4. The Morgan fingerprint density at radius 3 is 2.93 bits per heavy atom. The van der Waals surface area contributed by atoms with E-state index in [9.17, 15) is 0 Å². The second-order valence-corrected chi connectivity index (χ2v) is 4.72. The average molecular weight is 225 g/mol. The summed E-state index contributed by atoms with van der Waals surface area (Å²) in [6, 6.07) is 0.227. The number of aryl methyl sites for hydroxylation is 2. The minimum Gasteiger partial charge on any atom is -0.328 e. The van der Waals surface area contributed by atoms with Gasteiger partial charge in [0.2, 0.25) is 4.96 Å². The van der Waals surface area contributed by atoms with Gasteiger partial charge < -0.3 is 5.73 Å². The van der Waals surface area contributed by atoms with Crippen LogP contribution in [0.25, 0.3) is 4.96 Å². The van der Waals surface area contributed by atoms with Gasteiger partial charge in [0.25, 0.3) is 0 Å². The van der Waals surface area contributed by atoms with Crippen molar-refractivity contribution in [1.82, 2.24) is 19.8 Å². The van der Waals surface area contributed by atoms with Crippen LogP contribution in [0.1, 0.15) is 31.1 Å². The minimum absolute atomic E-state index is 0.227. The van der Waals surface area contributed by atoms with E-state index in [0.717, 1.165) is 35.1 Å². The Kier molecular flexibility index (Phi) is 2.97. The molecular weight excluding hydrogens is 210 g/mol. The van der Waals surface area contributed by atoms with E-state index in [1.807, 2.05) is 11.4 Å². The van der Waals surface area contributed by atoms with E-state index in [1.165, 1.54) is 0 Å². The molecular formula is C9H15N5S. The van der Waals surface area contributed by atoms with Crippen LogP contribution in [0.5, 0.6) is 0 Å². The monoisotopic (exact) mass is 225 g/mol. The smallest absolute Gasteiger partial charge is 0.234 e. The lowest BCUT2D eigenvalue weighted by atomic mass is 10.2. The van der Waals surface area contributed by atoms with Crippen molar-refractivity contribution >= 4 is 16.3 Å². The molecule has 2 heterocycles. The third-order valence-electron chi connectivity index (χ3n) is 2.23. The fourth-order valence-corrected chi connectivity index (χ4v) is 2.24. The Morgan fingerprint density at radius 2 is 2.27 bits per heavy atom. The number of aromatic nitrogens is 4. The van der Waals surface area contributed by atoms with Gasteiger partial charge in [-0.2, -0.15) is 9.61 Å². The van der Waals surface area contributed by atoms with E-state index < -0.39 is 0 Å². The predicted molar refractivity (Wildman–Crippen MR) is 60.0 cm³/mol. The lowest BCUT2D eigenvalue weighted by Crippen LogP contribution is -2.15. The molecule has 15 heavy (non-hydrogen) atoms. The first-order valence-corrected chi connectivity index (χ1v) is 5.98. The molecule has 0 aliphatic heterocycles. The van der Waals surface area contributed by atoms with Crippen LogP contribution in [0.3, 0.4) is 0 Å². The van der Waals surface area contributed by atoms with Crippen LogP contribution in [0.15, 0.2) is 0 Å². The number of hydrogen-bond acceptors (Lipinski definition) is 5. The Morgan fingerprint density at radius 1 is 1.47 bits per heavy atom. The van der Waals surface area contributed by atoms with Gasteiger partial charge in [-0.25, -0.2) is 0 Å². The van der Waals surface area contributed by atoms with E-state index in [4.69, 9.17) is 5.73 Å². The molecule has 1 unspecified atom stereocenters. The van der Waals surface area contributed by atoms with E-state index in [1.54, 1.807) is 11.3 Å². The molecule has 0 fully saturated rings. The van der Waals surface area contributed by atoms with Crippen LogP contribution < -0.4 is 5.73 Å². The summed E-state index contributed by atoms with van der Waals surface area (Å²) < 4.78 is 1.83. The zero-order chi connectivity index (χ0) is 10.8. The molecule has 5 nitrogen and oxygen atoms in total. The Labute approximate surface area is 92.3 Å². The summed E-state index contributed by atoms with van der Waals surface area (Å²) in [7, 11) is 0. The SMILES string of the molecule is CCc1nnc2sc(CCC(C)N)nn12. The fourth-order valence-electron chi connectivity index (χ4n) is 1.37. The van der Waals surface area contributed by atoms with E-state index in [-0.39, 0.29) is 6.04 Å². The predicted octanol–water partition coefficient (Wildman–Crippen LogP) is 1.03. The maximum absolute atomic E-state index is 5.71. The third kappa shape index (κ3) is 2.15.